The molecule has 0 radical (unpaired) electrons. The highest BCUT2D eigenvalue weighted by molar-refractivity contribution is 6.05. The number of carbonyl (C=O) groups excluding carboxylic acids is 2. The molecule has 5 unspecified atom stereocenters. The standard InChI is InChI=1S/C38H75NO7/c1-3-5-7-9-11-13-15-17-18-20-22-24-26-28-34(43)38(37(39)46,30-32(41)35(44)36(45)33(42)31-40)29-27-25-23-21-19-16-14-12-10-8-6-4-2/h32-33,35-36,40-42,44-45H,3-31H2,1-2H3,(H2,39,46). The van der Waals surface area contributed by atoms with E-state index in [1.807, 2.05) is 0 Å². The van der Waals surface area contributed by atoms with Gasteiger partial charge >= 0.3 is 0 Å². The Morgan fingerprint density at radius 1 is 0.522 bits per heavy atom. The highest BCUT2D eigenvalue weighted by Crippen LogP contribution is 2.35. The molecule has 274 valence electrons. The minimum atomic E-state index is -1.84. The Bertz CT molecular complexity index is 721. The predicted octanol–water partition coefficient (Wildman–Crippen LogP) is 7.43. The van der Waals surface area contributed by atoms with Gasteiger partial charge in [-0.3, -0.25) is 9.59 Å². The summed E-state index contributed by atoms with van der Waals surface area (Å²) in [5.41, 5.74) is 4.21. The van der Waals surface area contributed by atoms with Crippen LogP contribution in [0, 0.1) is 5.41 Å². The zero-order valence-electron chi connectivity index (χ0n) is 29.9. The minimum Gasteiger partial charge on any atom is -0.394 e. The van der Waals surface area contributed by atoms with Crippen LogP contribution in [0.2, 0.25) is 0 Å². The number of hydrogen-bond acceptors (Lipinski definition) is 7. The van der Waals surface area contributed by atoms with Crippen LogP contribution in [-0.2, 0) is 9.59 Å². The number of unbranched alkanes of at least 4 members (excludes halogenated alkanes) is 23. The molecule has 0 aromatic carbocycles. The van der Waals surface area contributed by atoms with Crippen LogP contribution < -0.4 is 5.73 Å². The molecule has 0 aromatic heterocycles. The third-order valence-electron chi connectivity index (χ3n) is 9.85. The van der Waals surface area contributed by atoms with Crippen molar-refractivity contribution < 1.29 is 35.1 Å². The van der Waals surface area contributed by atoms with E-state index in [0.717, 1.165) is 38.5 Å². The number of aliphatic hydroxyl groups is 5. The van der Waals surface area contributed by atoms with Crippen molar-refractivity contribution in [1.29, 1.82) is 0 Å². The van der Waals surface area contributed by atoms with Gasteiger partial charge in [-0.2, -0.15) is 0 Å². The highest BCUT2D eigenvalue weighted by Gasteiger charge is 2.46. The molecule has 0 fully saturated rings. The van der Waals surface area contributed by atoms with E-state index in [9.17, 15) is 30.0 Å². The van der Waals surface area contributed by atoms with Gasteiger partial charge in [0.2, 0.25) is 5.91 Å². The Morgan fingerprint density at radius 2 is 0.848 bits per heavy atom. The second-order valence-corrected chi connectivity index (χ2v) is 14.0. The maximum atomic E-state index is 13.6. The molecular formula is C38H75NO7. The maximum Gasteiger partial charge on any atom is 0.231 e. The number of primary amides is 1. The molecule has 5 atom stereocenters. The summed E-state index contributed by atoms with van der Waals surface area (Å²) in [5, 5.41) is 50.3. The van der Waals surface area contributed by atoms with Gasteiger partial charge in [-0.1, -0.05) is 168 Å². The Balaban J connectivity index is 4.84. The summed E-state index contributed by atoms with van der Waals surface area (Å²) in [6, 6.07) is 0. The van der Waals surface area contributed by atoms with Crippen molar-refractivity contribution in [2.45, 2.75) is 218 Å². The number of nitrogens with two attached hydrogens (primary N) is 1. The molecule has 7 N–H and O–H groups in total. The molecule has 0 aliphatic heterocycles. The van der Waals surface area contributed by atoms with E-state index in [1.165, 1.54) is 109 Å². The molecule has 0 rings (SSSR count). The van der Waals surface area contributed by atoms with Crippen LogP contribution in [0.1, 0.15) is 194 Å². The normalized spacial score (nSPS) is 15.7. The van der Waals surface area contributed by atoms with E-state index in [-0.39, 0.29) is 18.6 Å². The lowest BCUT2D eigenvalue weighted by Crippen LogP contribution is -2.52. The molecule has 0 heterocycles. The fraction of sp³-hybridized carbons (Fsp3) is 0.947. The van der Waals surface area contributed by atoms with Gasteiger partial charge in [-0.05, 0) is 19.3 Å². The number of carbonyl (C=O) groups is 2. The fourth-order valence-corrected chi connectivity index (χ4v) is 6.57. The van der Waals surface area contributed by atoms with Crippen molar-refractivity contribution in [3.63, 3.8) is 0 Å². The van der Waals surface area contributed by atoms with Gasteiger partial charge in [0.25, 0.3) is 0 Å². The molecule has 0 spiro atoms. The first kappa shape index (κ1) is 44.9. The molecule has 1 amide bonds. The number of amides is 1. The van der Waals surface area contributed by atoms with Gasteiger partial charge in [0.15, 0.2) is 0 Å². The van der Waals surface area contributed by atoms with Gasteiger partial charge in [-0.25, -0.2) is 0 Å². The third-order valence-corrected chi connectivity index (χ3v) is 9.85. The van der Waals surface area contributed by atoms with Crippen LogP contribution in [0.25, 0.3) is 0 Å². The molecule has 0 aromatic rings. The van der Waals surface area contributed by atoms with E-state index in [4.69, 9.17) is 10.8 Å². The first-order chi connectivity index (χ1) is 22.2. The Hall–Kier alpha value is -1.06. The molecule has 8 heteroatoms. The summed E-state index contributed by atoms with van der Waals surface area (Å²) in [6.07, 6.45) is 21.9. The average Bonchev–Trinajstić information content (AvgIpc) is 3.05. The third kappa shape index (κ3) is 21.0. The van der Waals surface area contributed by atoms with Crippen molar-refractivity contribution in [2.75, 3.05) is 6.61 Å². The number of aliphatic hydroxyl groups excluding tert-OH is 5. The second kappa shape index (κ2) is 30.0. The van der Waals surface area contributed by atoms with Gasteiger partial charge in [0.05, 0.1) is 12.7 Å². The topological polar surface area (TPSA) is 161 Å². The first-order valence-corrected chi connectivity index (χ1v) is 19.3. The zero-order chi connectivity index (χ0) is 34.5. The SMILES string of the molecule is CCCCCCCCCCCCCCCC(=O)C(CCCCCCCCCCCCCC)(CC(O)C(O)C(O)C(O)CO)C(N)=O. The van der Waals surface area contributed by atoms with Crippen molar-refractivity contribution in [3.8, 4) is 0 Å². The molecule has 0 aliphatic carbocycles. The first-order valence-electron chi connectivity index (χ1n) is 19.3. The molecule has 46 heavy (non-hydrogen) atoms. The quantitative estimate of drug-likeness (QED) is 0.0305. The average molecular weight is 658 g/mol. The van der Waals surface area contributed by atoms with E-state index in [2.05, 4.69) is 13.8 Å². The minimum absolute atomic E-state index is 0.170. The number of rotatable bonds is 35. The smallest absolute Gasteiger partial charge is 0.231 e. The largest absolute Gasteiger partial charge is 0.394 e. The van der Waals surface area contributed by atoms with Crippen molar-refractivity contribution >= 4 is 11.7 Å². The summed E-state index contributed by atoms with van der Waals surface area (Å²) < 4.78 is 0. The lowest BCUT2D eigenvalue weighted by Gasteiger charge is -2.34. The van der Waals surface area contributed by atoms with Crippen LogP contribution in [-0.4, -0.2) is 68.2 Å². The van der Waals surface area contributed by atoms with Gasteiger partial charge in [0, 0.05) is 6.42 Å². The number of ketones is 1. The van der Waals surface area contributed by atoms with Crippen molar-refractivity contribution in [3.05, 3.63) is 0 Å². The maximum absolute atomic E-state index is 13.6. The Labute approximate surface area is 282 Å². The van der Waals surface area contributed by atoms with Crippen molar-refractivity contribution in [1.82, 2.24) is 0 Å². The van der Waals surface area contributed by atoms with Gasteiger partial charge in [0.1, 0.15) is 29.5 Å². The van der Waals surface area contributed by atoms with Crippen LogP contribution in [0.15, 0.2) is 0 Å². The lowest BCUT2D eigenvalue weighted by atomic mass is 9.71. The lowest BCUT2D eigenvalue weighted by molar-refractivity contribution is -0.150. The van der Waals surface area contributed by atoms with Crippen LogP contribution in [0.4, 0.5) is 0 Å². The fourth-order valence-electron chi connectivity index (χ4n) is 6.57. The van der Waals surface area contributed by atoms with E-state index < -0.39 is 48.8 Å². The summed E-state index contributed by atoms with van der Waals surface area (Å²) in [4.78, 5) is 26.5. The molecule has 0 saturated carbocycles. The van der Waals surface area contributed by atoms with E-state index in [1.54, 1.807) is 0 Å². The van der Waals surface area contributed by atoms with Gasteiger partial charge < -0.3 is 31.3 Å². The highest BCUT2D eigenvalue weighted by atomic mass is 16.4. The predicted molar refractivity (Wildman–Crippen MR) is 188 cm³/mol. The summed E-state index contributed by atoms with van der Waals surface area (Å²) in [5.74, 6) is -1.15. The molecule has 8 nitrogen and oxygen atoms in total. The number of Topliss-reactive ketones (excluding diaryl/α,β-unsaturated/α-hetero) is 1. The molecular weight excluding hydrogens is 582 g/mol. The monoisotopic (exact) mass is 658 g/mol. The zero-order valence-corrected chi connectivity index (χ0v) is 29.9. The van der Waals surface area contributed by atoms with Crippen molar-refractivity contribution in [2.24, 2.45) is 11.1 Å². The molecule has 0 bridgehead atoms. The Morgan fingerprint density at radius 3 is 1.20 bits per heavy atom. The van der Waals surface area contributed by atoms with Crippen LogP contribution >= 0.6 is 0 Å². The summed E-state index contributed by atoms with van der Waals surface area (Å²) >= 11 is 0. The number of hydrogen-bond donors (Lipinski definition) is 6. The van der Waals surface area contributed by atoms with Gasteiger partial charge in [-0.15, -0.1) is 0 Å². The summed E-state index contributed by atoms with van der Waals surface area (Å²) in [7, 11) is 0. The van der Waals surface area contributed by atoms with Crippen LogP contribution in [0.3, 0.4) is 0 Å². The van der Waals surface area contributed by atoms with E-state index in [0.29, 0.717) is 12.8 Å². The molecule has 0 saturated heterocycles. The summed E-state index contributed by atoms with van der Waals surface area (Å²) in [6.45, 7) is 3.66. The Kier molecular flexibility index (Phi) is 29.3. The molecule has 0 aliphatic rings. The van der Waals surface area contributed by atoms with E-state index >= 15 is 0 Å². The van der Waals surface area contributed by atoms with Crippen LogP contribution in [0.5, 0.6) is 0 Å². The second-order valence-electron chi connectivity index (χ2n) is 14.0.